The van der Waals surface area contributed by atoms with Gasteiger partial charge >= 0.3 is 0 Å². The molecule has 2 nitrogen and oxygen atoms in total. The summed E-state index contributed by atoms with van der Waals surface area (Å²) < 4.78 is 0. The molecule has 109 valence electrons. The first kappa shape index (κ1) is 17.9. The van der Waals surface area contributed by atoms with Gasteiger partial charge in [0.15, 0.2) is 0 Å². The lowest BCUT2D eigenvalue weighted by Crippen LogP contribution is -2.39. The summed E-state index contributed by atoms with van der Waals surface area (Å²) in [5, 5.41) is 3.59. The zero-order valence-electron chi connectivity index (χ0n) is 13.6. The van der Waals surface area contributed by atoms with Crippen molar-refractivity contribution in [1.82, 2.24) is 10.2 Å². The molecule has 0 heterocycles. The normalized spacial score (nSPS) is 13.8. The smallest absolute Gasteiger partial charge is 0.101 e. The molecule has 0 saturated heterocycles. The summed E-state index contributed by atoms with van der Waals surface area (Å²) in [5.74, 6) is 1.60. The Kier molecular flexibility index (Phi) is 10.8. The van der Waals surface area contributed by atoms with Crippen LogP contribution in [0, 0.1) is 18.0 Å². The Hall–Kier alpha value is -0.0800. The molecule has 0 amide bonds. The van der Waals surface area contributed by atoms with Gasteiger partial charge in [0.05, 0.1) is 0 Å². The summed E-state index contributed by atoms with van der Waals surface area (Å²) in [7, 11) is 0. The SMILES string of the molecule is CCCN(CC(C)C)[C](C)NCCCC(C)CC. The summed E-state index contributed by atoms with van der Waals surface area (Å²) in [4.78, 5) is 2.49. The van der Waals surface area contributed by atoms with E-state index in [9.17, 15) is 0 Å². The molecular weight excluding hydrogens is 220 g/mol. The van der Waals surface area contributed by atoms with Gasteiger partial charge in [-0.25, -0.2) is 0 Å². The third kappa shape index (κ3) is 8.93. The van der Waals surface area contributed by atoms with Gasteiger partial charge in [-0.05, 0) is 51.1 Å². The maximum Gasteiger partial charge on any atom is 0.101 e. The van der Waals surface area contributed by atoms with E-state index < -0.39 is 0 Å². The molecule has 0 aliphatic heterocycles. The van der Waals surface area contributed by atoms with Crippen LogP contribution in [0.25, 0.3) is 0 Å². The molecule has 0 aromatic carbocycles. The Bertz CT molecular complexity index is 180. The van der Waals surface area contributed by atoms with E-state index in [1.54, 1.807) is 0 Å². The molecule has 1 N–H and O–H groups in total. The second-order valence-corrected chi connectivity index (χ2v) is 6.01. The molecule has 1 unspecified atom stereocenters. The van der Waals surface area contributed by atoms with Crippen LogP contribution in [-0.4, -0.2) is 24.5 Å². The molecule has 0 aromatic heterocycles. The molecule has 0 aliphatic carbocycles. The first-order chi connectivity index (χ1) is 8.51. The molecule has 0 saturated carbocycles. The van der Waals surface area contributed by atoms with Crippen molar-refractivity contribution in [3.8, 4) is 0 Å². The van der Waals surface area contributed by atoms with E-state index in [4.69, 9.17) is 0 Å². The summed E-state index contributed by atoms with van der Waals surface area (Å²) >= 11 is 0. The highest BCUT2D eigenvalue weighted by Gasteiger charge is 2.14. The van der Waals surface area contributed by atoms with E-state index >= 15 is 0 Å². The maximum absolute atomic E-state index is 3.59. The summed E-state index contributed by atoms with van der Waals surface area (Å²) in [6.07, 6.45) is 6.51. The average molecular weight is 255 g/mol. The third-order valence-corrected chi connectivity index (χ3v) is 3.50. The second kappa shape index (κ2) is 10.8. The fourth-order valence-electron chi connectivity index (χ4n) is 2.14. The molecule has 0 fully saturated rings. The van der Waals surface area contributed by atoms with E-state index in [1.165, 1.54) is 38.4 Å². The van der Waals surface area contributed by atoms with Gasteiger partial charge < -0.3 is 0 Å². The van der Waals surface area contributed by atoms with Gasteiger partial charge in [0, 0.05) is 6.54 Å². The highest BCUT2D eigenvalue weighted by Crippen LogP contribution is 2.11. The molecule has 18 heavy (non-hydrogen) atoms. The van der Waals surface area contributed by atoms with Crippen LogP contribution < -0.4 is 5.32 Å². The molecule has 0 rings (SSSR count). The molecule has 0 spiro atoms. The zero-order valence-corrected chi connectivity index (χ0v) is 13.6. The van der Waals surface area contributed by atoms with Crippen molar-refractivity contribution < 1.29 is 0 Å². The van der Waals surface area contributed by atoms with Gasteiger partial charge in [0.25, 0.3) is 0 Å². The fraction of sp³-hybridized carbons (Fsp3) is 0.938. The van der Waals surface area contributed by atoms with E-state index in [0.717, 1.165) is 24.9 Å². The van der Waals surface area contributed by atoms with E-state index in [1.807, 2.05) is 0 Å². The molecule has 0 aromatic rings. The molecule has 1 radical (unpaired) electrons. The van der Waals surface area contributed by atoms with Crippen LogP contribution >= 0.6 is 0 Å². The molecule has 0 aliphatic rings. The number of rotatable bonds is 11. The Morgan fingerprint density at radius 1 is 1.17 bits per heavy atom. The summed E-state index contributed by atoms with van der Waals surface area (Å²) in [6, 6.07) is 0. The Morgan fingerprint density at radius 2 is 1.83 bits per heavy atom. The average Bonchev–Trinajstić information content (AvgIpc) is 2.32. The fourth-order valence-corrected chi connectivity index (χ4v) is 2.14. The lowest BCUT2D eigenvalue weighted by atomic mass is 10.0. The van der Waals surface area contributed by atoms with Gasteiger partial charge in [-0.2, -0.15) is 0 Å². The highest BCUT2D eigenvalue weighted by molar-refractivity contribution is 4.82. The van der Waals surface area contributed by atoms with Crippen molar-refractivity contribution in [2.75, 3.05) is 19.6 Å². The van der Waals surface area contributed by atoms with Gasteiger partial charge in [0.1, 0.15) is 6.17 Å². The largest absolute Gasteiger partial charge is 0.297 e. The van der Waals surface area contributed by atoms with Gasteiger partial charge in [-0.15, -0.1) is 0 Å². The Labute approximate surface area is 116 Å². The molecule has 1 atom stereocenters. The number of hydrogen-bond donors (Lipinski definition) is 1. The van der Waals surface area contributed by atoms with E-state index in [-0.39, 0.29) is 0 Å². The topological polar surface area (TPSA) is 15.3 Å². The lowest BCUT2D eigenvalue weighted by molar-refractivity contribution is 0.232. The van der Waals surface area contributed by atoms with Crippen LogP contribution in [0.5, 0.6) is 0 Å². The van der Waals surface area contributed by atoms with Gasteiger partial charge in [-0.1, -0.05) is 41.0 Å². The minimum absolute atomic E-state index is 0.730. The van der Waals surface area contributed by atoms with Crippen molar-refractivity contribution >= 4 is 0 Å². The molecular formula is C16H35N2. The van der Waals surface area contributed by atoms with Crippen molar-refractivity contribution in [3.05, 3.63) is 6.17 Å². The number of nitrogens with one attached hydrogen (secondary N) is 1. The van der Waals surface area contributed by atoms with Crippen LogP contribution in [0.2, 0.25) is 0 Å². The van der Waals surface area contributed by atoms with Crippen molar-refractivity contribution in [3.63, 3.8) is 0 Å². The number of nitrogens with zero attached hydrogens (tertiary/aromatic N) is 1. The minimum Gasteiger partial charge on any atom is -0.297 e. The number of hydrogen-bond acceptors (Lipinski definition) is 2. The standard InChI is InChI=1S/C16H35N2/c1-7-12-18(13-14(3)4)16(6)17-11-9-10-15(5)8-2/h14-15,17H,7-13H2,1-6H3. The first-order valence-electron chi connectivity index (χ1n) is 7.83. The summed E-state index contributed by atoms with van der Waals surface area (Å²) in [5.41, 5.74) is 0. The van der Waals surface area contributed by atoms with Gasteiger partial charge in [-0.3, -0.25) is 10.2 Å². The van der Waals surface area contributed by atoms with Crippen LogP contribution in [0.15, 0.2) is 0 Å². The van der Waals surface area contributed by atoms with Crippen LogP contribution in [0.1, 0.15) is 67.2 Å². The van der Waals surface area contributed by atoms with Crippen LogP contribution in [-0.2, 0) is 0 Å². The van der Waals surface area contributed by atoms with E-state index in [2.05, 4.69) is 51.8 Å². The lowest BCUT2D eigenvalue weighted by Gasteiger charge is -2.30. The van der Waals surface area contributed by atoms with Crippen LogP contribution in [0.3, 0.4) is 0 Å². The maximum atomic E-state index is 3.59. The van der Waals surface area contributed by atoms with Crippen molar-refractivity contribution in [2.45, 2.75) is 67.2 Å². The first-order valence-corrected chi connectivity index (χ1v) is 7.83. The molecule has 2 heteroatoms. The zero-order chi connectivity index (χ0) is 14.0. The van der Waals surface area contributed by atoms with Crippen molar-refractivity contribution in [1.29, 1.82) is 0 Å². The van der Waals surface area contributed by atoms with E-state index in [0.29, 0.717) is 0 Å². The predicted molar refractivity (Wildman–Crippen MR) is 82.3 cm³/mol. The Balaban J connectivity index is 3.83. The van der Waals surface area contributed by atoms with Crippen LogP contribution in [0.4, 0.5) is 0 Å². The summed E-state index contributed by atoms with van der Waals surface area (Å²) in [6.45, 7) is 17.1. The van der Waals surface area contributed by atoms with Gasteiger partial charge in [0.2, 0.25) is 0 Å². The second-order valence-electron chi connectivity index (χ2n) is 6.01. The minimum atomic E-state index is 0.730. The monoisotopic (exact) mass is 255 g/mol. The van der Waals surface area contributed by atoms with Crippen molar-refractivity contribution in [2.24, 2.45) is 11.8 Å². The predicted octanol–water partition coefficient (Wildman–Crippen LogP) is 4.28. The third-order valence-electron chi connectivity index (χ3n) is 3.50. The quantitative estimate of drug-likeness (QED) is 0.554. The highest BCUT2D eigenvalue weighted by atomic mass is 15.3. The Morgan fingerprint density at radius 3 is 2.33 bits per heavy atom. The molecule has 0 bridgehead atoms.